The Morgan fingerprint density at radius 2 is 1.96 bits per heavy atom. The zero-order valence-electron chi connectivity index (χ0n) is 15.0. The smallest absolute Gasteiger partial charge is 0.340 e. The maximum absolute atomic E-state index is 12.9. The van der Waals surface area contributed by atoms with E-state index in [0.29, 0.717) is 30.2 Å². The molecule has 134 valence electrons. The molecule has 1 heterocycles. The molecule has 25 heavy (non-hydrogen) atoms. The first-order chi connectivity index (χ1) is 12.0. The summed E-state index contributed by atoms with van der Waals surface area (Å²) in [5.41, 5.74) is 1.88. The molecule has 0 N–H and O–H groups in total. The molecule has 0 radical (unpaired) electrons. The van der Waals surface area contributed by atoms with E-state index in [0.717, 1.165) is 5.56 Å². The summed E-state index contributed by atoms with van der Waals surface area (Å²) < 4.78 is 15.5. The van der Waals surface area contributed by atoms with Crippen LogP contribution in [0.1, 0.15) is 19.4 Å². The average Bonchev–Trinajstić information content (AvgIpc) is 2.84. The van der Waals surface area contributed by atoms with Gasteiger partial charge in [0.15, 0.2) is 0 Å². The highest BCUT2D eigenvalue weighted by Gasteiger charge is 2.37. The fourth-order valence-corrected chi connectivity index (χ4v) is 2.72. The van der Waals surface area contributed by atoms with Crippen LogP contribution in [0, 0.1) is 0 Å². The predicted octanol–water partition coefficient (Wildman–Crippen LogP) is 2.40. The molecule has 0 aromatic heterocycles. The number of ether oxygens (including phenoxy) is 3. The Bertz CT molecular complexity index is 720. The summed E-state index contributed by atoms with van der Waals surface area (Å²) in [6, 6.07) is 7.32. The van der Waals surface area contributed by atoms with Gasteiger partial charge in [0.05, 0.1) is 31.5 Å². The van der Waals surface area contributed by atoms with Crippen molar-refractivity contribution in [2.45, 2.75) is 13.8 Å². The molecule has 0 saturated carbocycles. The average molecular weight is 345 g/mol. The van der Waals surface area contributed by atoms with Gasteiger partial charge >= 0.3 is 5.97 Å². The summed E-state index contributed by atoms with van der Waals surface area (Å²) in [7, 11) is 3.13. The largest absolute Gasteiger partial charge is 0.496 e. The molecule has 0 aliphatic carbocycles. The van der Waals surface area contributed by atoms with Crippen molar-refractivity contribution in [1.29, 1.82) is 0 Å². The first-order valence-electron chi connectivity index (χ1n) is 8.09. The molecule has 1 amide bonds. The van der Waals surface area contributed by atoms with Crippen molar-refractivity contribution in [3.63, 3.8) is 0 Å². The van der Waals surface area contributed by atoms with E-state index in [1.165, 1.54) is 4.90 Å². The van der Waals surface area contributed by atoms with E-state index in [9.17, 15) is 9.59 Å². The van der Waals surface area contributed by atoms with Crippen LogP contribution in [-0.2, 0) is 19.1 Å². The summed E-state index contributed by atoms with van der Waals surface area (Å²) in [4.78, 5) is 26.8. The van der Waals surface area contributed by atoms with E-state index in [1.54, 1.807) is 40.2 Å². The summed E-state index contributed by atoms with van der Waals surface area (Å²) >= 11 is 0. The van der Waals surface area contributed by atoms with Crippen LogP contribution in [0.5, 0.6) is 5.75 Å². The third-order valence-electron chi connectivity index (χ3n) is 3.95. The van der Waals surface area contributed by atoms with Crippen LogP contribution in [0.15, 0.2) is 41.1 Å². The molecule has 0 atom stereocenters. The molecule has 1 aliphatic rings. The highest BCUT2D eigenvalue weighted by Crippen LogP contribution is 2.33. The number of methoxy groups -OCH3 is 2. The van der Waals surface area contributed by atoms with Gasteiger partial charge < -0.3 is 19.1 Å². The van der Waals surface area contributed by atoms with E-state index >= 15 is 0 Å². The van der Waals surface area contributed by atoms with Gasteiger partial charge in [-0.25, -0.2) is 4.79 Å². The van der Waals surface area contributed by atoms with E-state index in [1.807, 2.05) is 18.2 Å². The lowest BCUT2D eigenvalue weighted by Crippen LogP contribution is -2.28. The molecule has 2 rings (SSSR count). The first kappa shape index (κ1) is 18.7. The van der Waals surface area contributed by atoms with Crippen molar-refractivity contribution in [1.82, 2.24) is 4.90 Å². The normalized spacial score (nSPS) is 15.9. The third-order valence-corrected chi connectivity index (χ3v) is 3.95. The van der Waals surface area contributed by atoms with Crippen LogP contribution in [0.25, 0.3) is 6.08 Å². The molecule has 0 unspecified atom stereocenters. The van der Waals surface area contributed by atoms with Gasteiger partial charge in [-0.3, -0.25) is 4.79 Å². The number of para-hydroxylation sites is 1. The number of rotatable bonds is 7. The number of allylic oxidation sites excluding steroid dienone is 1. The van der Waals surface area contributed by atoms with E-state index in [2.05, 4.69) is 0 Å². The third kappa shape index (κ3) is 3.91. The first-order valence-corrected chi connectivity index (χ1v) is 8.09. The SMILES string of the molecule is CCOC(=O)C1=C(C)N(CCOC)C(=O)/C1=C\c1ccccc1OC. The number of carbonyl (C=O) groups excluding carboxylic acids is 2. The predicted molar refractivity (Wildman–Crippen MR) is 93.9 cm³/mol. The number of nitrogens with zero attached hydrogens (tertiary/aromatic N) is 1. The van der Waals surface area contributed by atoms with Gasteiger partial charge in [-0.15, -0.1) is 0 Å². The van der Waals surface area contributed by atoms with Crippen LogP contribution in [-0.4, -0.2) is 50.8 Å². The van der Waals surface area contributed by atoms with Crippen LogP contribution in [0.4, 0.5) is 0 Å². The molecule has 0 fully saturated rings. The molecule has 1 aliphatic heterocycles. The Morgan fingerprint density at radius 3 is 2.60 bits per heavy atom. The second kappa shape index (κ2) is 8.48. The molecule has 6 heteroatoms. The van der Waals surface area contributed by atoms with Gasteiger partial charge in [0.25, 0.3) is 5.91 Å². The fourth-order valence-electron chi connectivity index (χ4n) is 2.72. The number of hydrogen-bond donors (Lipinski definition) is 0. The maximum Gasteiger partial charge on any atom is 0.340 e. The Balaban J connectivity index is 2.51. The Morgan fingerprint density at radius 1 is 1.24 bits per heavy atom. The zero-order valence-corrected chi connectivity index (χ0v) is 15.0. The van der Waals surface area contributed by atoms with E-state index in [4.69, 9.17) is 14.2 Å². The molecule has 1 aromatic rings. The van der Waals surface area contributed by atoms with Crippen LogP contribution < -0.4 is 4.74 Å². The molecule has 1 aromatic carbocycles. The van der Waals surface area contributed by atoms with Crippen molar-refractivity contribution >= 4 is 18.0 Å². The Labute approximate surface area is 147 Å². The van der Waals surface area contributed by atoms with Gasteiger partial charge in [-0.2, -0.15) is 0 Å². The number of hydrogen-bond acceptors (Lipinski definition) is 5. The second-order valence-corrected chi connectivity index (χ2v) is 5.43. The topological polar surface area (TPSA) is 65.1 Å². The minimum absolute atomic E-state index is 0.240. The molecule has 6 nitrogen and oxygen atoms in total. The van der Waals surface area contributed by atoms with Crippen molar-refractivity contribution in [3.8, 4) is 5.75 Å². The molecular formula is C19H23NO5. The number of amides is 1. The van der Waals surface area contributed by atoms with Crippen LogP contribution >= 0.6 is 0 Å². The maximum atomic E-state index is 12.9. The second-order valence-electron chi connectivity index (χ2n) is 5.43. The van der Waals surface area contributed by atoms with Gasteiger partial charge in [-0.05, 0) is 26.0 Å². The van der Waals surface area contributed by atoms with Gasteiger partial charge in [-0.1, -0.05) is 18.2 Å². The van der Waals surface area contributed by atoms with Gasteiger partial charge in [0, 0.05) is 24.9 Å². The van der Waals surface area contributed by atoms with E-state index < -0.39 is 5.97 Å². The van der Waals surface area contributed by atoms with Crippen molar-refractivity contribution in [3.05, 3.63) is 46.7 Å². The standard InChI is InChI=1S/C19H23NO5/c1-5-25-19(22)17-13(2)20(10-11-23-3)18(21)15(17)12-14-8-6-7-9-16(14)24-4/h6-9,12H,5,10-11H2,1-4H3/b15-12-. The summed E-state index contributed by atoms with van der Waals surface area (Å²) in [6.45, 7) is 4.46. The lowest BCUT2D eigenvalue weighted by atomic mass is 10.0. The number of carbonyl (C=O) groups is 2. The number of esters is 1. The van der Waals surface area contributed by atoms with Crippen LogP contribution in [0.2, 0.25) is 0 Å². The lowest BCUT2D eigenvalue weighted by molar-refractivity contribution is -0.138. The van der Waals surface area contributed by atoms with E-state index in [-0.39, 0.29) is 18.1 Å². The summed E-state index contributed by atoms with van der Waals surface area (Å²) in [5, 5.41) is 0. The molecule has 0 saturated heterocycles. The quantitative estimate of drug-likeness (QED) is 0.561. The highest BCUT2D eigenvalue weighted by atomic mass is 16.5. The summed E-state index contributed by atoms with van der Waals surface area (Å²) in [6.07, 6.45) is 1.67. The van der Waals surface area contributed by atoms with Gasteiger partial charge in [0.1, 0.15) is 5.75 Å². The number of benzene rings is 1. The lowest BCUT2D eigenvalue weighted by Gasteiger charge is -2.16. The van der Waals surface area contributed by atoms with Gasteiger partial charge in [0.2, 0.25) is 0 Å². The van der Waals surface area contributed by atoms with Crippen molar-refractivity contribution in [2.75, 3.05) is 34.0 Å². The minimum Gasteiger partial charge on any atom is -0.496 e. The van der Waals surface area contributed by atoms with Crippen molar-refractivity contribution in [2.24, 2.45) is 0 Å². The minimum atomic E-state index is -0.505. The Kier molecular flexibility index (Phi) is 6.36. The van der Waals surface area contributed by atoms with Crippen molar-refractivity contribution < 1.29 is 23.8 Å². The molecule has 0 spiro atoms. The zero-order chi connectivity index (χ0) is 18.4. The molecular weight excluding hydrogens is 322 g/mol. The highest BCUT2D eigenvalue weighted by molar-refractivity contribution is 6.16. The fraction of sp³-hybridized carbons (Fsp3) is 0.368. The van der Waals surface area contributed by atoms with Crippen LogP contribution in [0.3, 0.4) is 0 Å². The summed E-state index contributed by atoms with van der Waals surface area (Å²) in [5.74, 6) is -0.128. The Hall–Kier alpha value is -2.60. The monoisotopic (exact) mass is 345 g/mol. The molecule has 0 bridgehead atoms.